The van der Waals surface area contributed by atoms with Gasteiger partial charge in [0.2, 0.25) is 0 Å². The van der Waals surface area contributed by atoms with Crippen molar-refractivity contribution in [3.8, 4) is 11.5 Å². The molecule has 1 aliphatic heterocycles. The summed E-state index contributed by atoms with van der Waals surface area (Å²) in [5, 5.41) is 0. The van der Waals surface area contributed by atoms with Gasteiger partial charge in [0.05, 0.1) is 13.3 Å². The molecule has 29 heavy (non-hydrogen) atoms. The van der Waals surface area contributed by atoms with Crippen LogP contribution in [-0.4, -0.2) is 71.5 Å². The predicted molar refractivity (Wildman–Crippen MR) is 111 cm³/mol. The minimum atomic E-state index is 0.0374. The minimum Gasteiger partial charge on any atom is -0.497 e. The first-order valence-electron chi connectivity index (χ1n) is 9.86. The van der Waals surface area contributed by atoms with Crippen LogP contribution in [0.5, 0.6) is 11.5 Å². The average molecular weight is 394 g/mol. The van der Waals surface area contributed by atoms with Crippen molar-refractivity contribution in [2.24, 2.45) is 0 Å². The number of ether oxygens (including phenoxy) is 2. The van der Waals surface area contributed by atoms with E-state index >= 15 is 0 Å². The average Bonchev–Trinajstić information content (AvgIpc) is 3.17. The molecule has 1 amide bonds. The number of rotatable bonds is 6. The number of hydrogen-bond donors (Lipinski definition) is 0. The van der Waals surface area contributed by atoms with E-state index in [1.54, 1.807) is 13.3 Å². The summed E-state index contributed by atoms with van der Waals surface area (Å²) in [6.07, 6.45) is 3.63. The molecule has 0 radical (unpaired) electrons. The Morgan fingerprint density at radius 2 is 1.90 bits per heavy atom. The fourth-order valence-corrected chi connectivity index (χ4v) is 3.57. The number of piperazine rings is 1. The topological polar surface area (TPSA) is 59.3 Å². The summed E-state index contributed by atoms with van der Waals surface area (Å²) < 4.78 is 12.9. The second-order valence-corrected chi connectivity index (χ2v) is 7.24. The van der Waals surface area contributed by atoms with Gasteiger partial charge >= 0.3 is 0 Å². The highest BCUT2D eigenvalue weighted by Gasteiger charge is 2.24. The van der Waals surface area contributed by atoms with Crippen molar-refractivity contribution >= 4 is 11.6 Å². The van der Waals surface area contributed by atoms with Gasteiger partial charge in [-0.15, -0.1) is 0 Å². The number of carbonyl (C=O) groups is 1. The standard InChI is InChI=1S/C22H26N4O3/c1-17-6-7-21-23-15-20(26(21)16-17)22(27)25-10-8-24(9-11-25)12-13-29-19-5-3-4-18(14-19)28-2/h3-7,14-16H,8-13H2,1-2H3. The number of aromatic nitrogens is 2. The van der Waals surface area contributed by atoms with Crippen molar-refractivity contribution in [3.05, 3.63) is 60.0 Å². The third-order valence-electron chi connectivity index (χ3n) is 5.25. The summed E-state index contributed by atoms with van der Waals surface area (Å²) in [6.45, 7) is 6.53. The number of methoxy groups -OCH3 is 1. The van der Waals surface area contributed by atoms with Gasteiger partial charge in [-0.25, -0.2) is 4.98 Å². The molecular formula is C22H26N4O3. The van der Waals surface area contributed by atoms with E-state index in [-0.39, 0.29) is 5.91 Å². The van der Waals surface area contributed by atoms with Crippen LogP contribution in [0.1, 0.15) is 16.1 Å². The summed E-state index contributed by atoms with van der Waals surface area (Å²) in [6, 6.07) is 11.6. The van der Waals surface area contributed by atoms with Crippen molar-refractivity contribution in [1.29, 1.82) is 0 Å². The number of aryl methyl sites for hydroxylation is 1. The minimum absolute atomic E-state index is 0.0374. The van der Waals surface area contributed by atoms with Crippen LogP contribution in [0.4, 0.5) is 0 Å². The molecule has 3 aromatic rings. The Hall–Kier alpha value is -3.06. The van der Waals surface area contributed by atoms with E-state index in [1.807, 2.05) is 58.8 Å². The zero-order valence-electron chi connectivity index (χ0n) is 16.9. The molecule has 7 heteroatoms. The molecule has 0 spiro atoms. The van der Waals surface area contributed by atoms with E-state index in [0.29, 0.717) is 25.4 Å². The lowest BCUT2D eigenvalue weighted by atomic mass is 10.2. The van der Waals surface area contributed by atoms with Gasteiger partial charge in [0, 0.05) is 45.0 Å². The summed E-state index contributed by atoms with van der Waals surface area (Å²) in [5.41, 5.74) is 2.52. The predicted octanol–water partition coefficient (Wildman–Crippen LogP) is 2.49. The van der Waals surface area contributed by atoms with Crippen LogP contribution >= 0.6 is 0 Å². The van der Waals surface area contributed by atoms with Crippen LogP contribution in [0.2, 0.25) is 0 Å². The normalized spacial score (nSPS) is 14.9. The first-order valence-corrected chi connectivity index (χ1v) is 9.86. The molecule has 1 aliphatic rings. The lowest BCUT2D eigenvalue weighted by Gasteiger charge is -2.34. The van der Waals surface area contributed by atoms with Gasteiger partial charge in [0.15, 0.2) is 0 Å². The van der Waals surface area contributed by atoms with E-state index < -0.39 is 0 Å². The van der Waals surface area contributed by atoms with Crippen LogP contribution in [0.3, 0.4) is 0 Å². The highest BCUT2D eigenvalue weighted by atomic mass is 16.5. The van der Waals surface area contributed by atoms with Crippen molar-refractivity contribution in [2.45, 2.75) is 6.92 Å². The Morgan fingerprint density at radius 1 is 1.10 bits per heavy atom. The number of benzene rings is 1. The van der Waals surface area contributed by atoms with Crippen LogP contribution < -0.4 is 9.47 Å². The summed E-state index contributed by atoms with van der Waals surface area (Å²) >= 11 is 0. The molecule has 3 heterocycles. The third-order valence-corrected chi connectivity index (χ3v) is 5.25. The smallest absolute Gasteiger partial charge is 0.272 e. The number of hydrogen-bond acceptors (Lipinski definition) is 5. The Morgan fingerprint density at radius 3 is 2.69 bits per heavy atom. The van der Waals surface area contributed by atoms with Gasteiger partial charge in [-0.05, 0) is 30.7 Å². The molecular weight excluding hydrogens is 368 g/mol. The summed E-state index contributed by atoms with van der Waals surface area (Å²) in [5.74, 6) is 1.63. The van der Waals surface area contributed by atoms with E-state index in [0.717, 1.165) is 42.3 Å². The lowest BCUT2D eigenvalue weighted by molar-refractivity contribution is 0.0613. The maximum atomic E-state index is 13.0. The van der Waals surface area contributed by atoms with Gasteiger partial charge < -0.3 is 14.4 Å². The van der Waals surface area contributed by atoms with E-state index in [9.17, 15) is 4.79 Å². The number of pyridine rings is 1. The zero-order valence-corrected chi connectivity index (χ0v) is 16.9. The fraction of sp³-hybridized carbons (Fsp3) is 0.364. The fourth-order valence-electron chi connectivity index (χ4n) is 3.57. The van der Waals surface area contributed by atoms with Crippen molar-refractivity contribution in [2.75, 3.05) is 46.4 Å². The lowest BCUT2D eigenvalue weighted by Crippen LogP contribution is -2.49. The maximum Gasteiger partial charge on any atom is 0.272 e. The highest BCUT2D eigenvalue weighted by Crippen LogP contribution is 2.19. The van der Waals surface area contributed by atoms with Crippen LogP contribution in [-0.2, 0) is 0 Å². The molecule has 7 nitrogen and oxygen atoms in total. The van der Waals surface area contributed by atoms with Gasteiger partial charge in [-0.1, -0.05) is 12.1 Å². The molecule has 0 N–H and O–H groups in total. The van der Waals surface area contributed by atoms with E-state index in [4.69, 9.17) is 9.47 Å². The first kappa shape index (κ1) is 19.3. The Kier molecular flexibility index (Phi) is 5.67. The molecule has 0 unspecified atom stereocenters. The van der Waals surface area contributed by atoms with Crippen LogP contribution in [0.25, 0.3) is 5.65 Å². The first-order chi connectivity index (χ1) is 14.1. The van der Waals surface area contributed by atoms with Crippen molar-refractivity contribution in [1.82, 2.24) is 19.2 Å². The monoisotopic (exact) mass is 394 g/mol. The van der Waals surface area contributed by atoms with E-state index in [1.165, 1.54) is 0 Å². The Bertz CT molecular complexity index is 993. The molecule has 0 saturated carbocycles. The molecule has 0 atom stereocenters. The number of amides is 1. The van der Waals surface area contributed by atoms with Crippen LogP contribution in [0, 0.1) is 6.92 Å². The summed E-state index contributed by atoms with van der Waals surface area (Å²) in [7, 11) is 1.65. The number of fused-ring (bicyclic) bond motifs is 1. The number of imidazole rings is 1. The largest absolute Gasteiger partial charge is 0.497 e. The second-order valence-electron chi connectivity index (χ2n) is 7.24. The Labute approximate surface area is 170 Å². The quantitative estimate of drug-likeness (QED) is 0.643. The highest BCUT2D eigenvalue weighted by molar-refractivity contribution is 5.93. The molecule has 1 fully saturated rings. The third kappa shape index (κ3) is 4.35. The van der Waals surface area contributed by atoms with Gasteiger partial charge in [-0.3, -0.25) is 14.1 Å². The SMILES string of the molecule is COc1cccc(OCCN2CCN(C(=O)c3cnc4ccc(C)cn34)CC2)c1. The Balaban J connectivity index is 1.28. The summed E-state index contributed by atoms with van der Waals surface area (Å²) in [4.78, 5) is 21.5. The molecule has 2 aromatic heterocycles. The van der Waals surface area contributed by atoms with Crippen molar-refractivity contribution in [3.63, 3.8) is 0 Å². The number of carbonyl (C=O) groups excluding carboxylic acids is 1. The van der Waals surface area contributed by atoms with Gasteiger partial charge in [-0.2, -0.15) is 0 Å². The molecule has 0 aliphatic carbocycles. The van der Waals surface area contributed by atoms with Gasteiger partial charge in [0.1, 0.15) is 29.4 Å². The van der Waals surface area contributed by atoms with Crippen LogP contribution in [0.15, 0.2) is 48.8 Å². The molecule has 0 bridgehead atoms. The molecule has 4 rings (SSSR count). The zero-order chi connectivity index (χ0) is 20.2. The molecule has 1 aromatic carbocycles. The molecule has 1 saturated heterocycles. The number of nitrogens with zero attached hydrogens (tertiary/aromatic N) is 4. The van der Waals surface area contributed by atoms with Gasteiger partial charge in [0.25, 0.3) is 5.91 Å². The molecule has 152 valence electrons. The second kappa shape index (κ2) is 8.53. The van der Waals surface area contributed by atoms with Crippen molar-refractivity contribution < 1.29 is 14.3 Å². The maximum absolute atomic E-state index is 13.0. The van der Waals surface area contributed by atoms with E-state index in [2.05, 4.69) is 9.88 Å².